The van der Waals surface area contributed by atoms with Crippen LogP contribution in [0.4, 0.5) is 0 Å². The van der Waals surface area contributed by atoms with E-state index in [4.69, 9.17) is 18.0 Å². The monoisotopic (exact) mass is 249 g/mol. The van der Waals surface area contributed by atoms with Gasteiger partial charge in [0.05, 0.1) is 10.4 Å². The molecule has 0 saturated heterocycles. The van der Waals surface area contributed by atoms with Crippen LogP contribution in [0.3, 0.4) is 0 Å². The Hall–Kier alpha value is -0.540. The van der Waals surface area contributed by atoms with Gasteiger partial charge in [-0.15, -0.1) is 17.8 Å². The molecule has 1 aromatic rings. The lowest BCUT2D eigenvalue weighted by atomic mass is 10.4. The first kappa shape index (κ1) is 11.5. The summed E-state index contributed by atoms with van der Waals surface area (Å²) >= 11 is 6.62. The van der Waals surface area contributed by atoms with Gasteiger partial charge in [0.2, 0.25) is 0 Å². The van der Waals surface area contributed by atoms with Gasteiger partial charge < -0.3 is 0 Å². The van der Waals surface area contributed by atoms with Crippen LogP contribution in [0.1, 0.15) is 6.92 Å². The van der Waals surface area contributed by atoms with Gasteiger partial charge in [-0.25, -0.2) is 8.42 Å². The van der Waals surface area contributed by atoms with Crippen molar-refractivity contribution in [1.82, 2.24) is 4.72 Å². The van der Waals surface area contributed by atoms with Gasteiger partial charge in [-0.1, -0.05) is 17.5 Å². The average Bonchev–Trinajstić information content (AvgIpc) is 2.51. The zero-order valence-corrected chi connectivity index (χ0v) is 9.71. The highest BCUT2D eigenvalue weighted by atomic mass is 35.5. The fraction of sp³-hybridized carbons (Fsp3) is 0.250. The molecule has 0 aliphatic carbocycles. The van der Waals surface area contributed by atoms with Gasteiger partial charge in [0.1, 0.15) is 4.21 Å². The van der Waals surface area contributed by atoms with Crippen molar-refractivity contribution in [3.63, 3.8) is 0 Å². The molecular weight excluding hydrogens is 242 g/mol. The SMILES string of the molecule is C#CC(C)NS(=O)(=O)c1ccc(Cl)s1. The van der Waals surface area contributed by atoms with Crippen LogP contribution in [-0.4, -0.2) is 14.5 Å². The van der Waals surface area contributed by atoms with Crippen molar-refractivity contribution >= 4 is 33.0 Å². The molecule has 0 aromatic carbocycles. The van der Waals surface area contributed by atoms with Crippen LogP contribution in [0.2, 0.25) is 4.34 Å². The van der Waals surface area contributed by atoms with Crippen LogP contribution in [0.5, 0.6) is 0 Å². The van der Waals surface area contributed by atoms with Crippen LogP contribution < -0.4 is 4.72 Å². The quantitative estimate of drug-likeness (QED) is 0.829. The lowest BCUT2D eigenvalue weighted by Crippen LogP contribution is -2.30. The largest absolute Gasteiger partial charge is 0.251 e. The second-order valence-electron chi connectivity index (χ2n) is 2.57. The minimum Gasteiger partial charge on any atom is -0.206 e. The van der Waals surface area contributed by atoms with Crippen molar-refractivity contribution in [2.45, 2.75) is 17.2 Å². The highest BCUT2D eigenvalue weighted by Crippen LogP contribution is 2.25. The van der Waals surface area contributed by atoms with Crippen molar-refractivity contribution in [3.8, 4) is 12.3 Å². The van der Waals surface area contributed by atoms with E-state index in [1.54, 1.807) is 6.92 Å². The van der Waals surface area contributed by atoms with E-state index >= 15 is 0 Å². The third-order valence-electron chi connectivity index (χ3n) is 1.40. The summed E-state index contributed by atoms with van der Waals surface area (Å²) in [7, 11) is -3.51. The summed E-state index contributed by atoms with van der Waals surface area (Å²) in [5.41, 5.74) is 0. The first-order valence-corrected chi connectivity index (χ1v) is 6.37. The number of hydrogen-bond donors (Lipinski definition) is 1. The Morgan fingerprint density at radius 3 is 2.71 bits per heavy atom. The Labute approximate surface area is 92.1 Å². The molecule has 0 fully saturated rings. The Bertz CT molecular complexity index is 458. The molecule has 1 unspecified atom stereocenters. The fourth-order valence-corrected chi connectivity index (χ4v) is 3.43. The Morgan fingerprint density at radius 2 is 2.29 bits per heavy atom. The molecule has 1 N–H and O–H groups in total. The Morgan fingerprint density at radius 1 is 1.64 bits per heavy atom. The van der Waals surface area contributed by atoms with Gasteiger partial charge in [0.25, 0.3) is 10.0 Å². The topological polar surface area (TPSA) is 46.2 Å². The predicted molar refractivity (Wildman–Crippen MR) is 57.9 cm³/mol. The maximum absolute atomic E-state index is 11.6. The molecule has 1 heterocycles. The lowest BCUT2D eigenvalue weighted by Gasteiger charge is -2.06. The van der Waals surface area contributed by atoms with E-state index < -0.39 is 16.1 Å². The summed E-state index contributed by atoms with van der Waals surface area (Å²) in [5.74, 6) is 2.28. The summed E-state index contributed by atoms with van der Waals surface area (Å²) in [6.45, 7) is 1.59. The van der Waals surface area contributed by atoms with Gasteiger partial charge in [-0.05, 0) is 19.1 Å². The van der Waals surface area contributed by atoms with Crippen molar-refractivity contribution < 1.29 is 8.42 Å². The first-order chi connectivity index (χ1) is 6.45. The predicted octanol–water partition coefficient (Wildman–Crippen LogP) is 1.70. The van der Waals surface area contributed by atoms with Crippen molar-refractivity contribution in [2.75, 3.05) is 0 Å². The molecular formula is C8H8ClNO2S2. The summed E-state index contributed by atoms with van der Waals surface area (Å²) < 4.78 is 26.0. The number of sulfonamides is 1. The molecule has 0 aliphatic heterocycles. The smallest absolute Gasteiger partial charge is 0.206 e. The minimum atomic E-state index is -3.51. The molecule has 1 rings (SSSR count). The minimum absolute atomic E-state index is 0.171. The molecule has 14 heavy (non-hydrogen) atoms. The van der Waals surface area contributed by atoms with E-state index in [0.29, 0.717) is 4.34 Å². The van der Waals surface area contributed by atoms with Crippen molar-refractivity contribution in [3.05, 3.63) is 16.5 Å². The molecule has 0 saturated carbocycles. The van der Waals surface area contributed by atoms with Gasteiger partial charge in [0.15, 0.2) is 0 Å². The zero-order valence-electron chi connectivity index (χ0n) is 7.32. The van der Waals surface area contributed by atoms with E-state index in [1.165, 1.54) is 12.1 Å². The molecule has 0 radical (unpaired) electrons. The van der Waals surface area contributed by atoms with Crippen LogP contribution in [-0.2, 0) is 10.0 Å². The Kier molecular flexibility index (Phi) is 3.56. The van der Waals surface area contributed by atoms with Crippen molar-refractivity contribution in [2.24, 2.45) is 0 Å². The molecule has 3 nitrogen and oxygen atoms in total. The number of thiophene rings is 1. The maximum atomic E-state index is 11.6. The molecule has 1 aromatic heterocycles. The Balaban J connectivity index is 2.93. The molecule has 1 atom stereocenters. The molecule has 0 amide bonds. The molecule has 76 valence electrons. The standard InChI is InChI=1S/C8H8ClNO2S2/c1-3-6(2)10-14(11,12)8-5-4-7(9)13-8/h1,4-6,10H,2H3. The van der Waals surface area contributed by atoms with E-state index in [-0.39, 0.29) is 4.21 Å². The second kappa shape index (κ2) is 4.32. The summed E-state index contributed by atoms with van der Waals surface area (Å²) in [6, 6.07) is 2.45. The van der Waals surface area contributed by atoms with Gasteiger partial charge in [-0.2, -0.15) is 4.72 Å². The highest BCUT2D eigenvalue weighted by molar-refractivity contribution is 7.91. The van der Waals surface area contributed by atoms with Gasteiger partial charge in [0, 0.05) is 0 Å². The lowest BCUT2D eigenvalue weighted by molar-refractivity contribution is 0.580. The van der Waals surface area contributed by atoms with Gasteiger partial charge in [-0.3, -0.25) is 0 Å². The molecule has 0 spiro atoms. The second-order valence-corrected chi connectivity index (χ2v) is 6.22. The maximum Gasteiger partial charge on any atom is 0.251 e. The number of terminal acetylenes is 1. The number of hydrogen-bond acceptors (Lipinski definition) is 3. The number of rotatable bonds is 3. The van der Waals surface area contributed by atoms with Crippen LogP contribution in [0.25, 0.3) is 0 Å². The fourth-order valence-electron chi connectivity index (χ4n) is 0.767. The van der Waals surface area contributed by atoms with E-state index in [9.17, 15) is 8.42 Å². The van der Waals surface area contributed by atoms with E-state index in [2.05, 4.69) is 10.6 Å². The number of halogens is 1. The summed E-state index contributed by atoms with van der Waals surface area (Å²) in [4.78, 5) is 0. The number of nitrogens with one attached hydrogen (secondary N) is 1. The molecule has 0 aliphatic rings. The zero-order chi connectivity index (χ0) is 10.8. The normalized spacial score (nSPS) is 13.5. The third-order valence-corrected chi connectivity index (χ3v) is 4.66. The van der Waals surface area contributed by atoms with E-state index in [1.807, 2.05) is 0 Å². The van der Waals surface area contributed by atoms with Gasteiger partial charge >= 0.3 is 0 Å². The average molecular weight is 250 g/mol. The summed E-state index contributed by atoms with van der Waals surface area (Å²) in [5, 5.41) is 0. The van der Waals surface area contributed by atoms with E-state index in [0.717, 1.165) is 11.3 Å². The third kappa shape index (κ3) is 2.72. The summed E-state index contributed by atoms with van der Waals surface area (Å²) in [6.07, 6.45) is 5.06. The van der Waals surface area contributed by atoms with Crippen LogP contribution >= 0.6 is 22.9 Å². The van der Waals surface area contributed by atoms with Crippen LogP contribution in [0, 0.1) is 12.3 Å². The first-order valence-electron chi connectivity index (χ1n) is 3.69. The molecule has 6 heteroatoms. The highest BCUT2D eigenvalue weighted by Gasteiger charge is 2.17. The van der Waals surface area contributed by atoms with Crippen LogP contribution in [0.15, 0.2) is 16.3 Å². The van der Waals surface area contributed by atoms with Crippen molar-refractivity contribution in [1.29, 1.82) is 0 Å². The molecule has 0 bridgehead atoms.